The summed E-state index contributed by atoms with van der Waals surface area (Å²) in [5, 5.41) is 9.89. The standard InChI is InChI=1S/C9H12OS/c1-6-5-9(6,10)8-4-3-7(2)11-8/h3-4,6,10H,5H2,1-2H3. The number of aliphatic hydroxyl groups is 1. The fourth-order valence-electron chi connectivity index (χ4n) is 1.42. The summed E-state index contributed by atoms with van der Waals surface area (Å²) in [6.07, 6.45) is 0.937. The zero-order valence-corrected chi connectivity index (χ0v) is 7.61. The largest absolute Gasteiger partial charge is 0.384 e. The van der Waals surface area contributed by atoms with Gasteiger partial charge in [-0.3, -0.25) is 0 Å². The van der Waals surface area contributed by atoms with Gasteiger partial charge in [0.1, 0.15) is 5.60 Å². The zero-order chi connectivity index (χ0) is 8.06. The lowest BCUT2D eigenvalue weighted by molar-refractivity contribution is 0.138. The minimum Gasteiger partial charge on any atom is -0.384 e. The molecular weight excluding hydrogens is 156 g/mol. The van der Waals surface area contributed by atoms with E-state index in [1.807, 2.05) is 6.07 Å². The molecule has 2 atom stereocenters. The highest BCUT2D eigenvalue weighted by Crippen LogP contribution is 2.53. The van der Waals surface area contributed by atoms with Crippen molar-refractivity contribution >= 4 is 11.3 Å². The molecule has 1 nitrogen and oxygen atoms in total. The van der Waals surface area contributed by atoms with Crippen LogP contribution in [0.25, 0.3) is 0 Å². The summed E-state index contributed by atoms with van der Waals surface area (Å²) < 4.78 is 0. The van der Waals surface area contributed by atoms with E-state index < -0.39 is 5.60 Å². The van der Waals surface area contributed by atoms with Gasteiger partial charge in [-0.05, 0) is 31.4 Å². The third-order valence-electron chi connectivity index (χ3n) is 2.44. The van der Waals surface area contributed by atoms with Gasteiger partial charge in [-0.2, -0.15) is 0 Å². The first-order valence-electron chi connectivity index (χ1n) is 3.92. The Morgan fingerprint density at radius 2 is 2.27 bits per heavy atom. The first-order valence-corrected chi connectivity index (χ1v) is 4.74. The Morgan fingerprint density at radius 1 is 1.64 bits per heavy atom. The van der Waals surface area contributed by atoms with Crippen molar-refractivity contribution in [1.29, 1.82) is 0 Å². The maximum absolute atomic E-state index is 9.89. The average Bonchev–Trinajstić information content (AvgIpc) is 2.44. The molecule has 60 valence electrons. The second kappa shape index (κ2) is 2.08. The Balaban J connectivity index is 2.31. The second-order valence-electron chi connectivity index (χ2n) is 3.44. The number of aryl methyl sites for hydroxylation is 1. The molecule has 1 aliphatic rings. The smallest absolute Gasteiger partial charge is 0.102 e. The lowest BCUT2D eigenvalue weighted by atomic mass is 10.2. The van der Waals surface area contributed by atoms with Crippen molar-refractivity contribution in [2.75, 3.05) is 0 Å². The maximum Gasteiger partial charge on any atom is 0.102 e. The van der Waals surface area contributed by atoms with Crippen molar-refractivity contribution < 1.29 is 5.11 Å². The summed E-state index contributed by atoms with van der Waals surface area (Å²) in [6.45, 7) is 4.17. The van der Waals surface area contributed by atoms with E-state index in [2.05, 4.69) is 19.9 Å². The topological polar surface area (TPSA) is 20.2 Å². The van der Waals surface area contributed by atoms with Gasteiger partial charge in [0.25, 0.3) is 0 Å². The van der Waals surface area contributed by atoms with Gasteiger partial charge in [-0.25, -0.2) is 0 Å². The molecule has 1 fully saturated rings. The van der Waals surface area contributed by atoms with E-state index in [0.29, 0.717) is 5.92 Å². The highest BCUT2D eigenvalue weighted by Gasteiger charge is 2.51. The van der Waals surface area contributed by atoms with Crippen molar-refractivity contribution in [2.24, 2.45) is 5.92 Å². The molecule has 11 heavy (non-hydrogen) atoms. The lowest BCUT2D eigenvalue weighted by Gasteiger charge is -2.03. The van der Waals surface area contributed by atoms with Crippen LogP contribution in [0.3, 0.4) is 0 Å². The van der Waals surface area contributed by atoms with Crippen LogP contribution < -0.4 is 0 Å². The number of hydrogen-bond acceptors (Lipinski definition) is 2. The van der Waals surface area contributed by atoms with Gasteiger partial charge in [-0.1, -0.05) is 6.92 Å². The number of thiophene rings is 1. The van der Waals surface area contributed by atoms with E-state index >= 15 is 0 Å². The van der Waals surface area contributed by atoms with Gasteiger partial charge < -0.3 is 5.11 Å². The Bertz CT molecular complexity index is 279. The van der Waals surface area contributed by atoms with Gasteiger partial charge >= 0.3 is 0 Å². The predicted octanol–water partition coefficient (Wildman–Crippen LogP) is 2.28. The van der Waals surface area contributed by atoms with Crippen LogP contribution in [0.1, 0.15) is 23.1 Å². The van der Waals surface area contributed by atoms with Gasteiger partial charge in [0.2, 0.25) is 0 Å². The van der Waals surface area contributed by atoms with Crippen LogP contribution in [-0.2, 0) is 5.60 Å². The third-order valence-corrected chi connectivity index (χ3v) is 3.61. The van der Waals surface area contributed by atoms with Crippen LogP contribution in [0.4, 0.5) is 0 Å². The molecule has 1 aliphatic carbocycles. The number of hydrogen-bond donors (Lipinski definition) is 1. The van der Waals surface area contributed by atoms with Crippen LogP contribution in [0.5, 0.6) is 0 Å². The van der Waals surface area contributed by atoms with E-state index in [9.17, 15) is 5.11 Å². The van der Waals surface area contributed by atoms with E-state index in [1.165, 1.54) is 4.88 Å². The Kier molecular flexibility index (Phi) is 1.38. The SMILES string of the molecule is Cc1ccc(C2(O)CC2C)s1. The summed E-state index contributed by atoms with van der Waals surface area (Å²) in [4.78, 5) is 2.43. The fraction of sp³-hybridized carbons (Fsp3) is 0.556. The van der Waals surface area contributed by atoms with Gasteiger partial charge in [0, 0.05) is 9.75 Å². The van der Waals surface area contributed by atoms with Crippen LogP contribution in [0.15, 0.2) is 12.1 Å². The summed E-state index contributed by atoms with van der Waals surface area (Å²) in [5.74, 6) is 0.459. The highest BCUT2D eigenvalue weighted by molar-refractivity contribution is 7.12. The molecule has 0 aromatic carbocycles. The Hall–Kier alpha value is -0.340. The fourth-order valence-corrected chi connectivity index (χ4v) is 2.50. The molecule has 1 aromatic rings. The van der Waals surface area contributed by atoms with Gasteiger partial charge in [0.05, 0.1) is 0 Å². The second-order valence-corrected chi connectivity index (χ2v) is 4.73. The quantitative estimate of drug-likeness (QED) is 0.682. The summed E-state index contributed by atoms with van der Waals surface area (Å²) >= 11 is 1.71. The molecule has 2 rings (SSSR count). The van der Waals surface area contributed by atoms with Crippen molar-refractivity contribution in [3.8, 4) is 0 Å². The molecule has 0 saturated heterocycles. The molecule has 0 radical (unpaired) electrons. The summed E-state index contributed by atoms with van der Waals surface area (Å²) in [6, 6.07) is 4.12. The minimum absolute atomic E-state index is 0.459. The molecule has 2 heteroatoms. The first-order chi connectivity index (χ1) is 5.13. The zero-order valence-electron chi connectivity index (χ0n) is 6.79. The molecule has 1 N–H and O–H groups in total. The van der Waals surface area contributed by atoms with E-state index in [4.69, 9.17) is 0 Å². The van der Waals surface area contributed by atoms with Crippen LogP contribution in [-0.4, -0.2) is 5.11 Å². The van der Waals surface area contributed by atoms with E-state index in [-0.39, 0.29) is 0 Å². The average molecular weight is 168 g/mol. The molecule has 0 spiro atoms. The molecule has 1 saturated carbocycles. The Morgan fingerprint density at radius 3 is 2.64 bits per heavy atom. The number of rotatable bonds is 1. The molecule has 1 heterocycles. The normalized spacial score (nSPS) is 35.7. The van der Waals surface area contributed by atoms with Gasteiger partial charge in [0.15, 0.2) is 0 Å². The highest BCUT2D eigenvalue weighted by atomic mass is 32.1. The van der Waals surface area contributed by atoms with Crippen molar-refractivity contribution in [3.63, 3.8) is 0 Å². The minimum atomic E-state index is -0.459. The van der Waals surface area contributed by atoms with Crippen LogP contribution >= 0.6 is 11.3 Å². The first kappa shape index (κ1) is 7.32. The van der Waals surface area contributed by atoms with Crippen LogP contribution in [0.2, 0.25) is 0 Å². The summed E-state index contributed by atoms with van der Waals surface area (Å²) in [7, 11) is 0. The van der Waals surface area contributed by atoms with Crippen molar-refractivity contribution in [2.45, 2.75) is 25.9 Å². The lowest BCUT2D eigenvalue weighted by Crippen LogP contribution is -2.03. The van der Waals surface area contributed by atoms with Gasteiger partial charge in [-0.15, -0.1) is 11.3 Å². The van der Waals surface area contributed by atoms with E-state index in [1.54, 1.807) is 11.3 Å². The predicted molar refractivity (Wildman–Crippen MR) is 46.7 cm³/mol. The monoisotopic (exact) mass is 168 g/mol. The third kappa shape index (κ3) is 1.01. The molecule has 0 bridgehead atoms. The maximum atomic E-state index is 9.89. The molecule has 0 aliphatic heterocycles. The Labute approximate surface area is 70.7 Å². The molecule has 1 aromatic heterocycles. The molecule has 2 unspecified atom stereocenters. The van der Waals surface area contributed by atoms with Crippen molar-refractivity contribution in [1.82, 2.24) is 0 Å². The summed E-state index contributed by atoms with van der Waals surface area (Å²) in [5.41, 5.74) is -0.459. The molecular formula is C9H12OS. The van der Waals surface area contributed by atoms with Crippen molar-refractivity contribution in [3.05, 3.63) is 21.9 Å². The van der Waals surface area contributed by atoms with Crippen LogP contribution in [0, 0.1) is 12.8 Å². The molecule has 0 amide bonds. The van der Waals surface area contributed by atoms with E-state index in [0.717, 1.165) is 11.3 Å².